The number of halogens is 1. The number of hydrogen-bond acceptors (Lipinski definition) is 8. The van der Waals surface area contributed by atoms with Crippen molar-refractivity contribution in [3.8, 4) is 5.88 Å². The van der Waals surface area contributed by atoms with E-state index < -0.39 is 23.5 Å². The van der Waals surface area contributed by atoms with Crippen LogP contribution in [0.2, 0.25) is 5.02 Å². The second-order valence-electron chi connectivity index (χ2n) is 8.73. The normalized spacial score (nSPS) is 30.4. The first kappa shape index (κ1) is 21.0. The monoisotopic (exact) mass is 485 g/mol. The number of amides is 2. The van der Waals surface area contributed by atoms with Crippen molar-refractivity contribution in [2.24, 2.45) is 17.8 Å². The minimum Gasteiger partial charge on any atom is -0.478 e. The molecule has 33 heavy (non-hydrogen) atoms. The van der Waals surface area contributed by atoms with Crippen LogP contribution >= 0.6 is 22.9 Å². The molecule has 0 unspecified atom stereocenters. The number of aliphatic hydroxyl groups excluding tert-OH is 1. The van der Waals surface area contributed by atoms with E-state index in [9.17, 15) is 14.7 Å². The van der Waals surface area contributed by atoms with Crippen molar-refractivity contribution in [2.75, 3.05) is 18.1 Å². The van der Waals surface area contributed by atoms with Crippen LogP contribution in [0.25, 0.3) is 10.2 Å². The third-order valence-electron chi connectivity index (χ3n) is 7.00. The highest BCUT2D eigenvalue weighted by atomic mass is 35.5. The van der Waals surface area contributed by atoms with Crippen LogP contribution in [-0.2, 0) is 14.3 Å². The van der Waals surface area contributed by atoms with E-state index in [1.54, 1.807) is 23.7 Å². The summed E-state index contributed by atoms with van der Waals surface area (Å²) in [4.78, 5) is 36.8. The van der Waals surface area contributed by atoms with Crippen molar-refractivity contribution in [3.05, 3.63) is 47.1 Å². The Morgan fingerprint density at radius 2 is 2.12 bits per heavy atom. The fourth-order valence-corrected chi connectivity index (χ4v) is 6.44. The summed E-state index contributed by atoms with van der Waals surface area (Å²) in [6, 6.07) is 8.77. The number of anilines is 1. The van der Waals surface area contributed by atoms with E-state index >= 15 is 0 Å². The lowest BCUT2D eigenvalue weighted by Gasteiger charge is -2.32. The molecule has 3 fully saturated rings. The van der Waals surface area contributed by atoms with Gasteiger partial charge in [-0.1, -0.05) is 11.6 Å². The lowest BCUT2D eigenvalue weighted by atomic mass is 9.67. The molecule has 2 aromatic heterocycles. The minimum atomic E-state index is -0.856. The molecule has 170 valence electrons. The fraction of sp³-hybridized carbons (Fsp3) is 0.391. The van der Waals surface area contributed by atoms with Gasteiger partial charge in [0, 0.05) is 31.2 Å². The molecule has 5 heterocycles. The molecule has 3 aliphatic rings. The number of thiazole rings is 1. The summed E-state index contributed by atoms with van der Waals surface area (Å²) in [5.74, 6) is -1.49. The average Bonchev–Trinajstić information content (AvgIpc) is 3.56. The number of aromatic nitrogens is 2. The average molecular weight is 486 g/mol. The van der Waals surface area contributed by atoms with Gasteiger partial charge >= 0.3 is 0 Å². The number of rotatable bonds is 6. The molecule has 3 aliphatic heterocycles. The summed E-state index contributed by atoms with van der Waals surface area (Å²) in [5.41, 5.74) is 2.26. The molecule has 1 N–H and O–H groups in total. The van der Waals surface area contributed by atoms with Crippen LogP contribution in [0.1, 0.15) is 12.8 Å². The van der Waals surface area contributed by atoms with Gasteiger partial charge in [-0.25, -0.2) is 14.9 Å². The Morgan fingerprint density at radius 3 is 2.91 bits per heavy atom. The quantitative estimate of drug-likeness (QED) is 0.535. The van der Waals surface area contributed by atoms with Crippen molar-refractivity contribution in [1.29, 1.82) is 0 Å². The molecule has 6 rings (SSSR count). The molecule has 5 atom stereocenters. The molecule has 0 spiro atoms. The third kappa shape index (κ3) is 3.18. The predicted octanol–water partition coefficient (Wildman–Crippen LogP) is 3.07. The summed E-state index contributed by atoms with van der Waals surface area (Å²) >= 11 is 7.34. The van der Waals surface area contributed by atoms with E-state index in [1.165, 1.54) is 22.4 Å². The summed E-state index contributed by atoms with van der Waals surface area (Å²) in [7, 11) is 0. The first-order chi connectivity index (χ1) is 16.0. The van der Waals surface area contributed by atoms with Crippen LogP contribution in [-0.4, -0.2) is 51.8 Å². The Kier molecular flexibility index (Phi) is 4.91. The molecule has 3 aromatic rings. The summed E-state index contributed by atoms with van der Waals surface area (Å²) in [6.07, 6.45) is 1.93. The van der Waals surface area contributed by atoms with E-state index in [0.29, 0.717) is 29.4 Å². The number of ether oxygens (including phenoxy) is 2. The Bertz CT molecular complexity index is 1250. The molecular weight excluding hydrogens is 466 g/mol. The van der Waals surface area contributed by atoms with E-state index in [1.807, 2.05) is 12.1 Å². The Balaban J connectivity index is 1.28. The minimum absolute atomic E-state index is 0.0937. The van der Waals surface area contributed by atoms with Gasteiger partial charge in [-0.15, -0.1) is 11.3 Å². The van der Waals surface area contributed by atoms with Crippen LogP contribution in [0.4, 0.5) is 5.69 Å². The van der Waals surface area contributed by atoms with Crippen LogP contribution in [0.5, 0.6) is 5.88 Å². The van der Waals surface area contributed by atoms with Crippen LogP contribution in [0, 0.1) is 17.8 Å². The van der Waals surface area contributed by atoms with Crippen LogP contribution in [0.15, 0.2) is 42.0 Å². The molecule has 10 heteroatoms. The maximum Gasteiger partial charge on any atom is 0.240 e. The second kappa shape index (κ2) is 7.73. The maximum absolute atomic E-state index is 13.6. The van der Waals surface area contributed by atoms with Gasteiger partial charge in [-0.2, -0.15) is 0 Å². The number of aliphatic hydroxyl groups is 1. The SMILES string of the molecule is O=C1[C@@H]2[C@@H]3O[C@@](CCOc4ccc(Cl)cn4)(C[C@H]3CO)[C@@H]2C(=O)N1c1ccc2ncsc2c1. The molecule has 8 nitrogen and oxygen atoms in total. The highest BCUT2D eigenvalue weighted by molar-refractivity contribution is 7.16. The molecule has 3 saturated heterocycles. The first-order valence-corrected chi connectivity index (χ1v) is 12.0. The number of fused-ring (bicyclic) bond motifs is 6. The highest BCUT2D eigenvalue weighted by Gasteiger charge is 2.71. The Hall–Kier alpha value is -2.59. The van der Waals surface area contributed by atoms with Gasteiger partial charge in [-0.05, 0) is 30.7 Å². The topological polar surface area (TPSA) is 102 Å². The molecule has 0 radical (unpaired) electrons. The van der Waals surface area contributed by atoms with Crippen LogP contribution in [0.3, 0.4) is 0 Å². The summed E-state index contributed by atoms with van der Waals surface area (Å²) in [5, 5.41) is 10.4. The van der Waals surface area contributed by atoms with Crippen molar-refractivity contribution in [2.45, 2.75) is 24.5 Å². The number of hydrogen-bond donors (Lipinski definition) is 1. The van der Waals surface area contributed by atoms with Gasteiger partial charge in [0.05, 0.1) is 56.6 Å². The van der Waals surface area contributed by atoms with Crippen molar-refractivity contribution in [1.82, 2.24) is 9.97 Å². The smallest absolute Gasteiger partial charge is 0.240 e. The van der Waals surface area contributed by atoms with Gasteiger partial charge in [0.2, 0.25) is 17.7 Å². The zero-order valence-corrected chi connectivity index (χ0v) is 19.0. The van der Waals surface area contributed by atoms with E-state index in [2.05, 4.69) is 9.97 Å². The first-order valence-electron chi connectivity index (χ1n) is 10.7. The molecule has 2 bridgehead atoms. The fourth-order valence-electron chi connectivity index (χ4n) is 5.62. The number of imide groups is 1. The van der Waals surface area contributed by atoms with E-state index in [-0.39, 0.29) is 30.9 Å². The zero-order valence-electron chi connectivity index (χ0n) is 17.4. The largest absolute Gasteiger partial charge is 0.478 e. The summed E-state index contributed by atoms with van der Waals surface area (Å²) < 4.78 is 13.0. The Labute approximate surface area is 198 Å². The number of benzene rings is 1. The lowest BCUT2D eigenvalue weighted by molar-refractivity contribution is -0.128. The molecule has 0 aliphatic carbocycles. The maximum atomic E-state index is 13.6. The van der Waals surface area contributed by atoms with Crippen molar-refractivity contribution >= 4 is 50.7 Å². The van der Waals surface area contributed by atoms with Gasteiger partial charge in [0.25, 0.3) is 0 Å². The highest BCUT2D eigenvalue weighted by Crippen LogP contribution is 2.59. The van der Waals surface area contributed by atoms with Crippen LogP contribution < -0.4 is 9.64 Å². The third-order valence-corrected chi connectivity index (χ3v) is 8.01. The molecular formula is C23H20ClN3O5S. The number of pyridine rings is 1. The molecule has 0 saturated carbocycles. The molecule has 1 aromatic carbocycles. The predicted molar refractivity (Wildman–Crippen MR) is 121 cm³/mol. The van der Waals surface area contributed by atoms with Crippen molar-refractivity contribution in [3.63, 3.8) is 0 Å². The zero-order chi connectivity index (χ0) is 22.7. The Morgan fingerprint density at radius 1 is 1.24 bits per heavy atom. The van der Waals surface area contributed by atoms with Crippen molar-refractivity contribution < 1.29 is 24.2 Å². The second-order valence-corrected chi connectivity index (χ2v) is 10.0. The van der Waals surface area contributed by atoms with Gasteiger partial charge in [-0.3, -0.25) is 9.59 Å². The number of carbonyl (C=O) groups excluding carboxylic acids is 2. The van der Waals surface area contributed by atoms with E-state index in [4.69, 9.17) is 21.1 Å². The van der Waals surface area contributed by atoms with E-state index in [0.717, 1.165) is 10.2 Å². The standard InChI is InChI=1S/C23H20ClN3O5S/c24-13-1-4-17(25-9-13)31-6-5-23-8-12(10-28)20(32-23)18-19(23)22(30)27(21(18)29)14-2-3-15-16(7-14)33-11-26-15/h1-4,7,9,11-12,18-20,28H,5-6,8,10H2/t12-,18-,19-,20+,23-/m0/s1. The summed E-state index contributed by atoms with van der Waals surface area (Å²) in [6.45, 7) is 0.167. The lowest BCUT2D eigenvalue weighted by Crippen LogP contribution is -2.45. The molecule has 2 amide bonds. The van der Waals surface area contributed by atoms with Gasteiger partial charge in [0.15, 0.2) is 0 Å². The number of carbonyl (C=O) groups is 2. The van der Waals surface area contributed by atoms with Gasteiger partial charge in [0.1, 0.15) is 0 Å². The number of nitrogens with zero attached hydrogens (tertiary/aromatic N) is 3. The van der Waals surface area contributed by atoms with Gasteiger partial charge < -0.3 is 14.6 Å².